The summed E-state index contributed by atoms with van der Waals surface area (Å²) in [6.45, 7) is 1.73. The van der Waals surface area contributed by atoms with Crippen LogP contribution >= 0.6 is 0 Å². The summed E-state index contributed by atoms with van der Waals surface area (Å²) in [5, 5.41) is 0. The van der Waals surface area contributed by atoms with Gasteiger partial charge in [-0.1, -0.05) is 0 Å². The summed E-state index contributed by atoms with van der Waals surface area (Å²) >= 11 is 0. The van der Waals surface area contributed by atoms with E-state index in [9.17, 15) is 18.0 Å². The molecule has 18 heavy (non-hydrogen) atoms. The first-order valence-electron chi connectivity index (χ1n) is 5.30. The third-order valence-electron chi connectivity index (χ3n) is 2.24. The summed E-state index contributed by atoms with van der Waals surface area (Å²) in [4.78, 5) is 16.3. The molecular formula is C11H14F3N3O. The molecule has 1 aromatic heterocycles. The second kappa shape index (κ2) is 5.24. The van der Waals surface area contributed by atoms with E-state index < -0.39 is 24.7 Å². The minimum atomic E-state index is -4.44. The first kappa shape index (κ1) is 14.3. The van der Waals surface area contributed by atoms with Crippen molar-refractivity contribution in [3.63, 3.8) is 0 Å². The molecule has 1 amide bonds. The zero-order chi connectivity index (χ0) is 13.9. The molecule has 1 heterocycles. The Morgan fingerprint density at radius 1 is 1.44 bits per heavy atom. The Balaban J connectivity index is 2.93. The average Bonchev–Trinajstić information content (AvgIpc) is 2.24. The minimum absolute atomic E-state index is 0.0536. The van der Waals surface area contributed by atoms with Gasteiger partial charge in [-0.25, -0.2) is 4.98 Å². The van der Waals surface area contributed by atoms with Crippen LogP contribution in [0, 0.1) is 0 Å². The number of hydrogen-bond donors (Lipinski definition) is 1. The van der Waals surface area contributed by atoms with Gasteiger partial charge in [-0.3, -0.25) is 4.79 Å². The van der Waals surface area contributed by atoms with E-state index in [2.05, 4.69) is 4.98 Å². The summed E-state index contributed by atoms with van der Waals surface area (Å²) < 4.78 is 37.1. The van der Waals surface area contributed by atoms with Gasteiger partial charge in [0.25, 0.3) is 5.91 Å². The Hall–Kier alpha value is -1.79. The van der Waals surface area contributed by atoms with Crippen LogP contribution in [0.2, 0.25) is 0 Å². The quantitative estimate of drug-likeness (QED) is 0.906. The molecule has 1 rings (SSSR count). The van der Waals surface area contributed by atoms with Crippen molar-refractivity contribution >= 4 is 11.6 Å². The zero-order valence-corrected chi connectivity index (χ0v) is 10.0. The summed E-state index contributed by atoms with van der Waals surface area (Å²) in [6.07, 6.45) is -3.20. The molecule has 0 bridgehead atoms. The Kier molecular flexibility index (Phi) is 4.15. The van der Waals surface area contributed by atoms with Crippen LogP contribution in [0.1, 0.15) is 24.3 Å². The topological polar surface area (TPSA) is 59.2 Å². The second-order valence-electron chi connectivity index (χ2n) is 4.12. The number of halogens is 3. The fraction of sp³-hybridized carbons (Fsp3) is 0.455. The minimum Gasteiger partial charge on any atom is -0.397 e. The predicted molar refractivity (Wildman–Crippen MR) is 60.9 cm³/mol. The van der Waals surface area contributed by atoms with Gasteiger partial charge in [0.1, 0.15) is 12.2 Å². The largest absolute Gasteiger partial charge is 0.406 e. The third kappa shape index (κ3) is 3.90. The number of alkyl halides is 3. The third-order valence-corrected chi connectivity index (χ3v) is 2.24. The predicted octanol–water partition coefficient (Wildman–Crippen LogP) is 2.08. The Morgan fingerprint density at radius 3 is 2.44 bits per heavy atom. The lowest BCUT2D eigenvalue weighted by molar-refractivity contribution is -0.143. The Bertz CT molecular complexity index is 415. The number of pyridine rings is 1. The van der Waals surface area contributed by atoms with Gasteiger partial charge in [-0.15, -0.1) is 0 Å². The summed E-state index contributed by atoms with van der Waals surface area (Å²) in [7, 11) is 0. The van der Waals surface area contributed by atoms with Crippen molar-refractivity contribution < 1.29 is 18.0 Å². The number of hydrogen-bond acceptors (Lipinski definition) is 3. The molecule has 0 saturated carbocycles. The van der Waals surface area contributed by atoms with Crippen LogP contribution in [0.25, 0.3) is 0 Å². The fourth-order valence-electron chi connectivity index (χ4n) is 1.36. The standard InChI is InChI=1S/C11H14F3N3O/c1-7(2)17(6-11(12,13)14)10(18)9-4-3-8(15)5-16-9/h3-5,7H,6,15H2,1-2H3. The number of nitrogens with zero attached hydrogens (tertiary/aromatic N) is 2. The van der Waals surface area contributed by atoms with Crippen molar-refractivity contribution in [2.75, 3.05) is 12.3 Å². The second-order valence-corrected chi connectivity index (χ2v) is 4.12. The van der Waals surface area contributed by atoms with Gasteiger partial charge < -0.3 is 10.6 Å². The maximum Gasteiger partial charge on any atom is 0.406 e. The van der Waals surface area contributed by atoms with E-state index in [1.165, 1.54) is 32.2 Å². The molecule has 0 atom stereocenters. The highest BCUT2D eigenvalue weighted by atomic mass is 19.4. The summed E-state index contributed by atoms with van der Waals surface area (Å²) in [5.74, 6) is -0.762. The van der Waals surface area contributed by atoms with Crippen molar-refractivity contribution in [1.82, 2.24) is 9.88 Å². The van der Waals surface area contributed by atoms with Crippen molar-refractivity contribution in [3.05, 3.63) is 24.0 Å². The van der Waals surface area contributed by atoms with Gasteiger partial charge in [0, 0.05) is 6.04 Å². The molecule has 0 fully saturated rings. The monoisotopic (exact) mass is 261 g/mol. The van der Waals surface area contributed by atoms with Gasteiger partial charge >= 0.3 is 6.18 Å². The van der Waals surface area contributed by atoms with Crippen LogP contribution in [-0.4, -0.2) is 34.6 Å². The molecule has 0 spiro atoms. The molecule has 0 aliphatic heterocycles. The highest BCUT2D eigenvalue weighted by Crippen LogP contribution is 2.19. The molecule has 0 aliphatic rings. The van der Waals surface area contributed by atoms with Gasteiger partial charge in [0.15, 0.2) is 0 Å². The van der Waals surface area contributed by atoms with Crippen molar-refractivity contribution in [2.24, 2.45) is 0 Å². The van der Waals surface area contributed by atoms with E-state index in [0.29, 0.717) is 5.69 Å². The molecule has 7 heteroatoms. The highest BCUT2D eigenvalue weighted by molar-refractivity contribution is 5.92. The molecule has 0 unspecified atom stereocenters. The number of carbonyl (C=O) groups is 1. The van der Waals surface area contributed by atoms with Crippen LogP contribution in [0.4, 0.5) is 18.9 Å². The molecule has 1 aromatic rings. The van der Waals surface area contributed by atoms with E-state index in [1.807, 2.05) is 0 Å². The number of nitrogens with two attached hydrogens (primary N) is 1. The van der Waals surface area contributed by atoms with Gasteiger partial charge in [0.05, 0.1) is 11.9 Å². The van der Waals surface area contributed by atoms with Crippen molar-refractivity contribution in [3.8, 4) is 0 Å². The number of amides is 1. The molecular weight excluding hydrogens is 247 g/mol. The lowest BCUT2D eigenvalue weighted by Gasteiger charge is -2.27. The van der Waals surface area contributed by atoms with Gasteiger partial charge in [-0.05, 0) is 26.0 Å². The fourth-order valence-corrected chi connectivity index (χ4v) is 1.36. The first-order chi connectivity index (χ1) is 8.20. The van der Waals surface area contributed by atoms with Crippen LogP contribution in [0.3, 0.4) is 0 Å². The van der Waals surface area contributed by atoms with E-state index in [0.717, 1.165) is 4.90 Å². The smallest absolute Gasteiger partial charge is 0.397 e. The van der Waals surface area contributed by atoms with E-state index >= 15 is 0 Å². The lowest BCUT2D eigenvalue weighted by atomic mass is 10.2. The highest BCUT2D eigenvalue weighted by Gasteiger charge is 2.34. The first-order valence-corrected chi connectivity index (χ1v) is 5.30. The SMILES string of the molecule is CC(C)N(CC(F)(F)F)C(=O)c1ccc(N)cn1. The van der Waals surface area contributed by atoms with E-state index in [-0.39, 0.29) is 5.69 Å². The number of nitrogen functional groups attached to an aromatic ring is 1. The van der Waals surface area contributed by atoms with Crippen LogP contribution < -0.4 is 5.73 Å². The zero-order valence-electron chi connectivity index (χ0n) is 10.0. The number of anilines is 1. The van der Waals surface area contributed by atoms with Crippen molar-refractivity contribution in [2.45, 2.75) is 26.1 Å². The molecule has 0 aliphatic carbocycles. The maximum atomic E-state index is 12.4. The molecule has 0 saturated heterocycles. The number of aromatic nitrogens is 1. The number of carbonyl (C=O) groups excluding carboxylic acids is 1. The van der Waals surface area contributed by atoms with Crippen LogP contribution in [0.5, 0.6) is 0 Å². The van der Waals surface area contributed by atoms with Crippen molar-refractivity contribution in [1.29, 1.82) is 0 Å². The molecule has 0 radical (unpaired) electrons. The average molecular weight is 261 g/mol. The van der Waals surface area contributed by atoms with Crippen LogP contribution in [0.15, 0.2) is 18.3 Å². The normalized spacial score (nSPS) is 11.7. The molecule has 4 nitrogen and oxygen atoms in total. The van der Waals surface area contributed by atoms with Crippen LogP contribution in [-0.2, 0) is 0 Å². The van der Waals surface area contributed by atoms with Gasteiger partial charge in [-0.2, -0.15) is 13.2 Å². The summed E-state index contributed by atoms with van der Waals surface area (Å²) in [5.41, 5.74) is 5.69. The number of rotatable bonds is 3. The molecule has 100 valence electrons. The molecule has 2 N–H and O–H groups in total. The van der Waals surface area contributed by atoms with E-state index in [1.54, 1.807) is 0 Å². The Labute approximate surface area is 103 Å². The molecule has 0 aromatic carbocycles. The Morgan fingerprint density at radius 2 is 2.06 bits per heavy atom. The lowest BCUT2D eigenvalue weighted by Crippen LogP contribution is -2.43. The summed E-state index contributed by atoms with van der Waals surface area (Å²) in [6, 6.07) is 2.16. The van der Waals surface area contributed by atoms with E-state index in [4.69, 9.17) is 5.73 Å². The maximum absolute atomic E-state index is 12.4. The van der Waals surface area contributed by atoms with Gasteiger partial charge in [0.2, 0.25) is 0 Å².